The van der Waals surface area contributed by atoms with Crippen LogP contribution < -0.4 is 20.5 Å². The zero-order valence-corrected chi connectivity index (χ0v) is 14.4. The molecule has 1 aromatic rings. The third-order valence-corrected chi connectivity index (χ3v) is 4.32. The van der Waals surface area contributed by atoms with Gasteiger partial charge in [-0.25, -0.2) is 0 Å². The molecule has 1 unspecified atom stereocenters. The van der Waals surface area contributed by atoms with Crippen molar-refractivity contribution in [3.63, 3.8) is 0 Å². The molecule has 0 aromatic heterocycles. The van der Waals surface area contributed by atoms with Crippen molar-refractivity contribution in [1.82, 2.24) is 5.32 Å². The summed E-state index contributed by atoms with van der Waals surface area (Å²) in [5.74, 6) is 1.60. The molecule has 0 spiro atoms. The fourth-order valence-corrected chi connectivity index (χ4v) is 2.59. The van der Waals surface area contributed by atoms with E-state index in [0.717, 1.165) is 18.4 Å². The Labute approximate surface area is 138 Å². The summed E-state index contributed by atoms with van der Waals surface area (Å²) in [4.78, 5) is 12.5. The number of nitrogens with two attached hydrogens (primary N) is 1. The molecule has 1 aliphatic rings. The summed E-state index contributed by atoms with van der Waals surface area (Å²) in [5.41, 5.74) is 6.90. The van der Waals surface area contributed by atoms with Gasteiger partial charge < -0.3 is 20.5 Å². The first-order chi connectivity index (χ1) is 9.95. The molecule has 0 aliphatic heterocycles. The highest BCUT2D eigenvalue weighted by atomic mass is 35.5. The Morgan fingerprint density at radius 2 is 1.82 bits per heavy atom. The number of nitrogens with one attached hydrogen (secondary N) is 1. The van der Waals surface area contributed by atoms with Gasteiger partial charge >= 0.3 is 0 Å². The number of hydrogen-bond acceptors (Lipinski definition) is 4. The number of carbonyl (C=O) groups is 1. The molecule has 1 saturated carbocycles. The minimum absolute atomic E-state index is 0. The minimum atomic E-state index is -0.345. The van der Waals surface area contributed by atoms with E-state index in [-0.39, 0.29) is 23.9 Å². The zero-order valence-electron chi connectivity index (χ0n) is 13.6. The van der Waals surface area contributed by atoms with Crippen LogP contribution >= 0.6 is 12.4 Å². The van der Waals surface area contributed by atoms with Crippen LogP contribution in [0.2, 0.25) is 0 Å². The number of hydrogen-bond donors (Lipinski definition) is 2. The van der Waals surface area contributed by atoms with Crippen molar-refractivity contribution < 1.29 is 14.3 Å². The second-order valence-corrected chi connectivity index (χ2v) is 5.86. The van der Waals surface area contributed by atoms with Crippen molar-refractivity contribution in [3.05, 3.63) is 23.3 Å². The SMILES string of the molecule is COc1cc(C(=O)NC(C)(CN)C2CC2)cc(OC)c1C.Cl. The average molecular weight is 329 g/mol. The molecule has 6 heteroatoms. The summed E-state index contributed by atoms with van der Waals surface area (Å²) in [6, 6.07) is 3.47. The van der Waals surface area contributed by atoms with E-state index in [1.807, 2.05) is 13.8 Å². The molecule has 2 rings (SSSR count). The third kappa shape index (κ3) is 3.65. The molecule has 1 aliphatic carbocycles. The minimum Gasteiger partial charge on any atom is -0.496 e. The molecule has 0 heterocycles. The lowest BCUT2D eigenvalue weighted by Crippen LogP contribution is -2.53. The first kappa shape index (κ1) is 18.6. The van der Waals surface area contributed by atoms with Gasteiger partial charge in [0.05, 0.1) is 19.8 Å². The Morgan fingerprint density at radius 3 is 2.18 bits per heavy atom. The predicted molar refractivity (Wildman–Crippen MR) is 89.2 cm³/mol. The fourth-order valence-electron chi connectivity index (χ4n) is 2.59. The van der Waals surface area contributed by atoms with Gasteiger partial charge in [-0.3, -0.25) is 4.79 Å². The van der Waals surface area contributed by atoms with Crippen molar-refractivity contribution in [1.29, 1.82) is 0 Å². The molecule has 5 nitrogen and oxygen atoms in total. The molecule has 3 N–H and O–H groups in total. The topological polar surface area (TPSA) is 73.6 Å². The fraction of sp³-hybridized carbons (Fsp3) is 0.562. The van der Waals surface area contributed by atoms with E-state index in [2.05, 4.69) is 5.32 Å². The number of rotatable bonds is 6. The second kappa shape index (κ2) is 7.20. The van der Waals surface area contributed by atoms with E-state index >= 15 is 0 Å². The van der Waals surface area contributed by atoms with Gasteiger partial charge in [0.1, 0.15) is 11.5 Å². The van der Waals surface area contributed by atoms with E-state index in [0.29, 0.717) is 29.5 Å². The van der Waals surface area contributed by atoms with Gasteiger partial charge in [-0.15, -0.1) is 12.4 Å². The maximum absolute atomic E-state index is 12.5. The van der Waals surface area contributed by atoms with Gasteiger partial charge in [-0.05, 0) is 44.7 Å². The Balaban J connectivity index is 0.00000242. The highest BCUT2D eigenvalue weighted by Crippen LogP contribution is 2.39. The molecular formula is C16H25ClN2O3. The van der Waals surface area contributed by atoms with Crippen LogP contribution in [0.5, 0.6) is 11.5 Å². The van der Waals surface area contributed by atoms with Crippen molar-refractivity contribution in [2.75, 3.05) is 20.8 Å². The first-order valence-electron chi connectivity index (χ1n) is 7.20. The van der Waals surface area contributed by atoms with Crippen LogP contribution in [0.15, 0.2) is 12.1 Å². The highest BCUT2D eigenvalue weighted by molar-refractivity contribution is 5.96. The standard InChI is InChI=1S/C16H24N2O3.ClH/c1-10-13(20-3)7-11(8-14(10)21-4)15(19)18-16(2,9-17)12-5-6-12;/h7-8,12H,5-6,9,17H2,1-4H3,(H,18,19);1H. The average Bonchev–Trinajstić information content (AvgIpc) is 3.32. The quantitative estimate of drug-likeness (QED) is 0.840. The van der Waals surface area contributed by atoms with E-state index in [4.69, 9.17) is 15.2 Å². The Bertz CT molecular complexity index is 521. The molecule has 1 amide bonds. The van der Waals surface area contributed by atoms with Crippen molar-refractivity contribution in [3.8, 4) is 11.5 Å². The van der Waals surface area contributed by atoms with Gasteiger partial charge in [-0.1, -0.05) is 0 Å². The smallest absolute Gasteiger partial charge is 0.252 e. The molecule has 0 radical (unpaired) electrons. The largest absolute Gasteiger partial charge is 0.496 e. The van der Waals surface area contributed by atoms with Crippen LogP contribution in [-0.4, -0.2) is 32.2 Å². The first-order valence-corrected chi connectivity index (χ1v) is 7.20. The summed E-state index contributed by atoms with van der Waals surface area (Å²) in [6.45, 7) is 4.34. The maximum atomic E-state index is 12.5. The second-order valence-electron chi connectivity index (χ2n) is 5.86. The van der Waals surface area contributed by atoms with Gasteiger partial charge in [0.15, 0.2) is 0 Å². The Hall–Kier alpha value is -1.46. The van der Waals surface area contributed by atoms with Crippen molar-refractivity contribution in [2.45, 2.75) is 32.2 Å². The predicted octanol–water partition coefficient (Wildman–Crippen LogP) is 2.29. The monoisotopic (exact) mass is 328 g/mol. The molecule has 1 fully saturated rings. The van der Waals surface area contributed by atoms with Crippen LogP contribution in [0.4, 0.5) is 0 Å². The van der Waals surface area contributed by atoms with Crippen LogP contribution in [0, 0.1) is 12.8 Å². The highest BCUT2D eigenvalue weighted by Gasteiger charge is 2.41. The van der Waals surface area contributed by atoms with Crippen LogP contribution in [0.25, 0.3) is 0 Å². The molecule has 0 bridgehead atoms. The van der Waals surface area contributed by atoms with E-state index in [1.54, 1.807) is 26.4 Å². The lowest BCUT2D eigenvalue weighted by atomic mass is 9.95. The zero-order chi connectivity index (χ0) is 15.6. The molecule has 0 saturated heterocycles. The van der Waals surface area contributed by atoms with Crippen molar-refractivity contribution >= 4 is 18.3 Å². The van der Waals surface area contributed by atoms with E-state index in [1.165, 1.54) is 0 Å². The summed E-state index contributed by atoms with van der Waals surface area (Å²) in [7, 11) is 3.16. The Morgan fingerprint density at radius 1 is 1.32 bits per heavy atom. The number of halogens is 1. The maximum Gasteiger partial charge on any atom is 0.252 e. The van der Waals surface area contributed by atoms with Gasteiger partial charge in [0.25, 0.3) is 5.91 Å². The summed E-state index contributed by atoms with van der Waals surface area (Å²) >= 11 is 0. The van der Waals surface area contributed by atoms with Crippen LogP contribution in [0.3, 0.4) is 0 Å². The van der Waals surface area contributed by atoms with Crippen LogP contribution in [-0.2, 0) is 0 Å². The van der Waals surface area contributed by atoms with Gasteiger partial charge in [0.2, 0.25) is 0 Å². The lowest BCUT2D eigenvalue weighted by molar-refractivity contribution is 0.0897. The number of benzene rings is 1. The number of methoxy groups -OCH3 is 2. The van der Waals surface area contributed by atoms with E-state index < -0.39 is 0 Å². The van der Waals surface area contributed by atoms with E-state index in [9.17, 15) is 4.79 Å². The van der Waals surface area contributed by atoms with Crippen molar-refractivity contribution in [2.24, 2.45) is 11.7 Å². The number of amides is 1. The van der Waals surface area contributed by atoms with Gasteiger partial charge in [0, 0.05) is 17.7 Å². The number of ether oxygens (including phenoxy) is 2. The molecule has 1 aromatic carbocycles. The van der Waals surface area contributed by atoms with Gasteiger partial charge in [-0.2, -0.15) is 0 Å². The summed E-state index contributed by atoms with van der Waals surface area (Å²) < 4.78 is 10.6. The third-order valence-electron chi connectivity index (χ3n) is 4.32. The normalized spacial score (nSPS) is 16.2. The lowest BCUT2D eigenvalue weighted by Gasteiger charge is -2.29. The summed E-state index contributed by atoms with van der Waals surface area (Å²) in [5, 5.41) is 3.07. The summed E-state index contributed by atoms with van der Waals surface area (Å²) in [6.07, 6.45) is 2.24. The number of carbonyl (C=O) groups excluding carboxylic acids is 1. The molecule has 22 heavy (non-hydrogen) atoms. The Kier molecular flexibility index (Phi) is 6.08. The van der Waals surface area contributed by atoms with Crippen LogP contribution in [0.1, 0.15) is 35.7 Å². The molecular weight excluding hydrogens is 304 g/mol. The molecule has 124 valence electrons. The molecule has 1 atom stereocenters.